The molecule has 1 amide bonds. The maximum atomic E-state index is 15.1. The van der Waals surface area contributed by atoms with Gasteiger partial charge in [-0.15, -0.1) is 0 Å². The van der Waals surface area contributed by atoms with Crippen LogP contribution in [0.1, 0.15) is 38.9 Å². The number of alkyl carbamates (subject to hydrolysis) is 1. The molecule has 0 unspecified atom stereocenters. The first-order chi connectivity index (χ1) is 37.6. The standard InChI is InChI=1S/C63H67NO12/c1-66-62-60(73-43-52-35-21-8-22-36-52)58(56(70-40-49-29-15-5-16-30-49)54(75-62)45-68-38-47-25-11-3-12-26-47)76-63(65)64-61-59(72-42-51-33-19-7-20-34-51)57(71-41-50-31-17-6-18-32-50)55(69-39-48-27-13-4-14-28-48)53(74-61)44-67-37-46-23-9-2-10-24-46/h2-36,53-62H,37-45H2,1H3,(H,64,65)/t53-,54-,55-,56-,57+,58+,59-,60-,61-,62-/m1/s1. The van der Waals surface area contributed by atoms with Crippen molar-refractivity contribution in [1.29, 1.82) is 0 Å². The summed E-state index contributed by atoms with van der Waals surface area (Å²) in [5, 5.41) is 3.09. The molecule has 0 radical (unpaired) electrons. The van der Waals surface area contributed by atoms with Crippen molar-refractivity contribution < 1.29 is 56.9 Å². The summed E-state index contributed by atoms with van der Waals surface area (Å²) in [6.45, 7) is 1.75. The van der Waals surface area contributed by atoms with Crippen LogP contribution in [0.2, 0.25) is 0 Å². The van der Waals surface area contributed by atoms with E-state index in [1.54, 1.807) is 0 Å². The second-order valence-corrected chi connectivity index (χ2v) is 18.7. The third kappa shape index (κ3) is 16.0. The summed E-state index contributed by atoms with van der Waals surface area (Å²) in [6.07, 6.45) is -10.0. The highest BCUT2D eigenvalue weighted by atomic mass is 16.7. The molecule has 7 aromatic carbocycles. The van der Waals surface area contributed by atoms with E-state index in [9.17, 15) is 0 Å². The van der Waals surface area contributed by atoms with E-state index in [0.29, 0.717) is 13.2 Å². The fourth-order valence-electron chi connectivity index (χ4n) is 9.29. The first-order valence-corrected chi connectivity index (χ1v) is 25.9. The van der Waals surface area contributed by atoms with Crippen LogP contribution >= 0.6 is 0 Å². The smallest absolute Gasteiger partial charge is 0.409 e. The number of benzene rings is 7. The number of nitrogens with one attached hydrogen (secondary N) is 1. The lowest BCUT2D eigenvalue weighted by Gasteiger charge is -2.47. The van der Waals surface area contributed by atoms with Crippen molar-refractivity contribution in [2.45, 2.75) is 108 Å². The highest BCUT2D eigenvalue weighted by molar-refractivity contribution is 5.68. The Morgan fingerprint density at radius 3 is 1.04 bits per heavy atom. The van der Waals surface area contributed by atoms with Gasteiger partial charge in [0.2, 0.25) is 0 Å². The summed E-state index contributed by atoms with van der Waals surface area (Å²) in [6, 6.07) is 68.9. The Morgan fingerprint density at radius 1 is 0.368 bits per heavy atom. The van der Waals surface area contributed by atoms with Crippen molar-refractivity contribution in [3.05, 3.63) is 251 Å². The fraction of sp³-hybridized carbons (Fsp3) is 0.317. The lowest BCUT2D eigenvalue weighted by Crippen LogP contribution is -2.66. The Bertz CT molecular complexity index is 2700. The zero-order chi connectivity index (χ0) is 52.0. The number of hydrogen-bond donors (Lipinski definition) is 1. The number of methoxy groups -OCH3 is 1. The lowest BCUT2D eigenvalue weighted by atomic mass is 9.96. The van der Waals surface area contributed by atoms with Crippen LogP contribution in [0.3, 0.4) is 0 Å². The molecule has 13 heteroatoms. The van der Waals surface area contributed by atoms with Gasteiger partial charge in [-0.25, -0.2) is 4.79 Å². The maximum absolute atomic E-state index is 15.1. The van der Waals surface area contributed by atoms with E-state index < -0.39 is 67.4 Å². The van der Waals surface area contributed by atoms with Gasteiger partial charge >= 0.3 is 6.09 Å². The predicted molar refractivity (Wildman–Crippen MR) is 285 cm³/mol. The van der Waals surface area contributed by atoms with E-state index in [2.05, 4.69) is 5.32 Å². The van der Waals surface area contributed by atoms with Crippen LogP contribution in [0.15, 0.2) is 212 Å². The lowest BCUT2D eigenvalue weighted by molar-refractivity contribution is -0.315. The van der Waals surface area contributed by atoms with Gasteiger partial charge in [-0.3, -0.25) is 5.32 Å². The van der Waals surface area contributed by atoms with Crippen molar-refractivity contribution in [1.82, 2.24) is 5.32 Å². The van der Waals surface area contributed by atoms with Gasteiger partial charge in [-0.1, -0.05) is 212 Å². The number of amides is 1. The number of ether oxygens (including phenoxy) is 11. The average Bonchev–Trinajstić information content (AvgIpc) is 3.47. The minimum absolute atomic E-state index is 0.0810. The quantitative estimate of drug-likeness (QED) is 0.0554. The molecule has 0 saturated carbocycles. The van der Waals surface area contributed by atoms with Gasteiger partial charge in [0.25, 0.3) is 0 Å². The molecule has 2 saturated heterocycles. The van der Waals surface area contributed by atoms with Crippen LogP contribution in [-0.4, -0.2) is 87.8 Å². The van der Waals surface area contributed by atoms with Crippen LogP contribution < -0.4 is 5.32 Å². The molecule has 396 valence electrons. The Kier molecular flexibility index (Phi) is 20.7. The van der Waals surface area contributed by atoms with E-state index in [1.165, 1.54) is 7.11 Å². The Labute approximate surface area is 445 Å². The number of carbonyl (C=O) groups is 1. The zero-order valence-corrected chi connectivity index (χ0v) is 42.7. The van der Waals surface area contributed by atoms with Crippen molar-refractivity contribution in [3.63, 3.8) is 0 Å². The van der Waals surface area contributed by atoms with Crippen LogP contribution in [0.5, 0.6) is 0 Å². The predicted octanol–water partition coefficient (Wildman–Crippen LogP) is 10.5. The van der Waals surface area contributed by atoms with Gasteiger partial charge in [-0.2, -0.15) is 0 Å². The van der Waals surface area contributed by atoms with Crippen molar-refractivity contribution in [2.75, 3.05) is 20.3 Å². The molecular weight excluding hydrogens is 963 g/mol. The number of rotatable bonds is 26. The monoisotopic (exact) mass is 1030 g/mol. The molecule has 0 aromatic heterocycles. The van der Waals surface area contributed by atoms with E-state index in [4.69, 9.17) is 52.1 Å². The van der Waals surface area contributed by atoms with Gasteiger partial charge < -0.3 is 52.1 Å². The highest BCUT2D eigenvalue weighted by Gasteiger charge is 2.52. The van der Waals surface area contributed by atoms with E-state index in [1.807, 2.05) is 212 Å². The second-order valence-electron chi connectivity index (χ2n) is 18.7. The third-order valence-electron chi connectivity index (χ3n) is 13.2. The number of carbonyl (C=O) groups excluding carboxylic acids is 1. The average molecular weight is 1030 g/mol. The molecule has 9 rings (SSSR count). The Morgan fingerprint density at radius 2 is 0.671 bits per heavy atom. The first-order valence-electron chi connectivity index (χ1n) is 25.9. The van der Waals surface area contributed by atoms with Crippen LogP contribution in [-0.2, 0) is 98.4 Å². The zero-order valence-electron chi connectivity index (χ0n) is 42.7. The third-order valence-corrected chi connectivity index (χ3v) is 13.2. The molecule has 2 aliphatic heterocycles. The molecule has 2 fully saturated rings. The normalized spacial score (nSPS) is 23.4. The van der Waals surface area contributed by atoms with Gasteiger partial charge in [0.1, 0.15) is 42.7 Å². The number of hydrogen-bond acceptors (Lipinski definition) is 12. The molecule has 2 aliphatic rings. The van der Waals surface area contributed by atoms with Crippen LogP contribution in [0.25, 0.3) is 0 Å². The molecule has 13 nitrogen and oxygen atoms in total. The van der Waals surface area contributed by atoms with Gasteiger partial charge in [0, 0.05) is 7.11 Å². The first kappa shape index (κ1) is 54.2. The summed E-state index contributed by atoms with van der Waals surface area (Å²) in [5.74, 6) is 0. The molecule has 0 spiro atoms. The molecule has 0 aliphatic carbocycles. The van der Waals surface area contributed by atoms with Crippen molar-refractivity contribution in [3.8, 4) is 0 Å². The largest absolute Gasteiger partial charge is 0.440 e. The molecular formula is C63H67NO12. The second kappa shape index (κ2) is 29.1. The fourth-order valence-corrected chi connectivity index (χ4v) is 9.29. The van der Waals surface area contributed by atoms with Gasteiger partial charge in [0.15, 0.2) is 18.6 Å². The Hall–Kier alpha value is -6.59. The van der Waals surface area contributed by atoms with Crippen molar-refractivity contribution in [2.24, 2.45) is 0 Å². The highest BCUT2D eigenvalue weighted by Crippen LogP contribution is 2.33. The van der Waals surface area contributed by atoms with Gasteiger partial charge in [0.05, 0.1) is 59.5 Å². The van der Waals surface area contributed by atoms with E-state index in [0.717, 1.165) is 38.9 Å². The van der Waals surface area contributed by atoms with Crippen LogP contribution in [0, 0.1) is 0 Å². The van der Waals surface area contributed by atoms with E-state index >= 15 is 4.79 Å². The molecule has 2 heterocycles. The Balaban J connectivity index is 1.05. The summed E-state index contributed by atoms with van der Waals surface area (Å²) in [7, 11) is 1.53. The van der Waals surface area contributed by atoms with Crippen molar-refractivity contribution >= 4 is 6.09 Å². The molecule has 0 bridgehead atoms. The minimum atomic E-state index is -1.16. The van der Waals surface area contributed by atoms with Gasteiger partial charge in [-0.05, 0) is 38.9 Å². The summed E-state index contributed by atoms with van der Waals surface area (Å²) in [4.78, 5) is 15.1. The van der Waals surface area contributed by atoms with Crippen LogP contribution in [0.4, 0.5) is 4.79 Å². The maximum Gasteiger partial charge on any atom is 0.409 e. The molecule has 76 heavy (non-hydrogen) atoms. The molecule has 7 aromatic rings. The SMILES string of the molecule is CO[C@@H]1O[C@H](COCc2ccccc2)[C@@H](OCc2ccccc2)[C@H](OC(=O)N[C@@H]2O[C@H](COCc3ccccc3)[C@@H](OCc3ccccc3)[C@H](OCc3ccccc3)[C@H]2OCc2ccccc2)[C@H]1OCc1ccccc1. The topological polar surface area (TPSA) is 131 Å². The summed E-state index contributed by atoms with van der Waals surface area (Å²) < 4.78 is 73.2. The molecule has 1 N–H and O–H groups in total. The summed E-state index contributed by atoms with van der Waals surface area (Å²) in [5.41, 5.74) is 6.59. The summed E-state index contributed by atoms with van der Waals surface area (Å²) >= 11 is 0. The van der Waals surface area contributed by atoms with E-state index in [-0.39, 0.29) is 46.2 Å². The minimum Gasteiger partial charge on any atom is -0.440 e. The molecule has 10 atom stereocenters.